The summed E-state index contributed by atoms with van der Waals surface area (Å²) in [6, 6.07) is 4.99. The fourth-order valence-corrected chi connectivity index (χ4v) is 4.19. The minimum atomic E-state index is -3.42. The molecule has 1 aliphatic rings. The van der Waals surface area contributed by atoms with Crippen LogP contribution in [0.25, 0.3) is 0 Å². The smallest absolute Gasteiger partial charge is 0.243 e. The summed E-state index contributed by atoms with van der Waals surface area (Å²) in [4.78, 5) is 0.311. The Kier molecular flexibility index (Phi) is 5.68. The normalized spacial score (nSPS) is 17.9. The fraction of sp³-hybridized carbons (Fsp3) is 0.600. The SMILES string of the molecule is CCCOc1cc(S(=O)(=O)N2CCC(C)CC2)ccc1Br. The minimum Gasteiger partial charge on any atom is -0.492 e. The average Bonchev–Trinajstić information content (AvgIpc) is 2.46. The van der Waals surface area contributed by atoms with Gasteiger partial charge in [0.2, 0.25) is 10.0 Å². The number of benzene rings is 1. The first-order valence-corrected chi connectivity index (χ1v) is 9.61. The molecule has 0 aliphatic carbocycles. The summed E-state index contributed by atoms with van der Waals surface area (Å²) in [5.41, 5.74) is 0. The number of rotatable bonds is 5. The Bertz CT molecular complexity index is 581. The average molecular weight is 376 g/mol. The standard InChI is InChI=1S/C15H22BrNO3S/c1-3-10-20-15-11-13(4-5-14(15)16)21(18,19)17-8-6-12(2)7-9-17/h4-5,11-12H,3,6-10H2,1-2H3. The van der Waals surface area contributed by atoms with Crippen molar-refractivity contribution < 1.29 is 13.2 Å². The van der Waals surface area contributed by atoms with Gasteiger partial charge in [-0.2, -0.15) is 4.31 Å². The van der Waals surface area contributed by atoms with E-state index < -0.39 is 10.0 Å². The Hall–Kier alpha value is -0.590. The second kappa shape index (κ2) is 7.11. The van der Waals surface area contributed by atoms with Crippen molar-refractivity contribution in [2.45, 2.75) is 38.0 Å². The Balaban J connectivity index is 2.23. The summed E-state index contributed by atoms with van der Waals surface area (Å²) in [6.07, 6.45) is 2.73. The van der Waals surface area contributed by atoms with Gasteiger partial charge in [-0.25, -0.2) is 8.42 Å². The lowest BCUT2D eigenvalue weighted by Gasteiger charge is -2.29. The maximum absolute atomic E-state index is 12.7. The number of hydrogen-bond acceptors (Lipinski definition) is 3. The number of halogens is 1. The molecule has 0 spiro atoms. The molecule has 0 radical (unpaired) electrons. The van der Waals surface area contributed by atoms with Crippen LogP contribution >= 0.6 is 15.9 Å². The van der Waals surface area contributed by atoms with Gasteiger partial charge in [0.15, 0.2) is 0 Å². The second-order valence-electron chi connectivity index (χ2n) is 5.53. The topological polar surface area (TPSA) is 46.6 Å². The van der Waals surface area contributed by atoms with Gasteiger partial charge < -0.3 is 4.74 Å². The number of nitrogens with zero attached hydrogens (tertiary/aromatic N) is 1. The molecule has 1 aromatic rings. The van der Waals surface area contributed by atoms with Gasteiger partial charge >= 0.3 is 0 Å². The monoisotopic (exact) mass is 375 g/mol. The highest BCUT2D eigenvalue weighted by atomic mass is 79.9. The van der Waals surface area contributed by atoms with Crippen molar-refractivity contribution in [3.63, 3.8) is 0 Å². The van der Waals surface area contributed by atoms with Gasteiger partial charge in [0.1, 0.15) is 5.75 Å². The molecule has 0 saturated carbocycles. The van der Waals surface area contributed by atoms with Gasteiger partial charge in [-0.3, -0.25) is 0 Å². The molecule has 0 aromatic heterocycles. The number of piperidine rings is 1. The molecular formula is C15H22BrNO3S. The van der Waals surface area contributed by atoms with Crippen LogP contribution in [0.1, 0.15) is 33.1 Å². The van der Waals surface area contributed by atoms with Crippen molar-refractivity contribution in [1.29, 1.82) is 0 Å². The van der Waals surface area contributed by atoms with Crippen molar-refractivity contribution in [3.8, 4) is 5.75 Å². The van der Waals surface area contributed by atoms with E-state index in [-0.39, 0.29) is 0 Å². The molecule has 2 rings (SSSR count). The lowest BCUT2D eigenvalue weighted by Crippen LogP contribution is -2.37. The first-order valence-electron chi connectivity index (χ1n) is 7.37. The highest BCUT2D eigenvalue weighted by Gasteiger charge is 2.28. The van der Waals surface area contributed by atoms with E-state index in [1.807, 2.05) is 6.92 Å². The number of ether oxygens (including phenoxy) is 1. The van der Waals surface area contributed by atoms with Crippen LogP contribution in [-0.2, 0) is 10.0 Å². The molecule has 21 heavy (non-hydrogen) atoms. The molecule has 4 nitrogen and oxygen atoms in total. The highest BCUT2D eigenvalue weighted by molar-refractivity contribution is 9.10. The molecule has 0 amide bonds. The quantitative estimate of drug-likeness (QED) is 0.788. The van der Waals surface area contributed by atoms with Crippen LogP contribution in [0, 0.1) is 5.92 Å². The summed E-state index contributed by atoms with van der Waals surface area (Å²) in [5.74, 6) is 1.19. The second-order valence-corrected chi connectivity index (χ2v) is 8.32. The molecule has 0 atom stereocenters. The Morgan fingerprint density at radius 3 is 2.62 bits per heavy atom. The Morgan fingerprint density at radius 1 is 1.33 bits per heavy atom. The van der Waals surface area contributed by atoms with Gasteiger partial charge in [0.25, 0.3) is 0 Å². The predicted octanol–water partition coefficient (Wildman–Crippen LogP) is 3.66. The van der Waals surface area contributed by atoms with Gasteiger partial charge in [0.05, 0.1) is 16.0 Å². The maximum Gasteiger partial charge on any atom is 0.243 e. The van der Waals surface area contributed by atoms with Crippen molar-refractivity contribution >= 4 is 26.0 Å². The Morgan fingerprint density at radius 2 is 2.00 bits per heavy atom. The molecule has 0 N–H and O–H groups in total. The van der Waals surface area contributed by atoms with Gasteiger partial charge in [-0.15, -0.1) is 0 Å². The summed E-state index contributed by atoms with van der Waals surface area (Å²) < 4.78 is 33.3. The third kappa shape index (κ3) is 3.99. The maximum atomic E-state index is 12.7. The molecular weight excluding hydrogens is 354 g/mol. The predicted molar refractivity (Wildman–Crippen MR) is 87.1 cm³/mol. The van der Waals surface area contributed by atoms with E-state index in [4.69, 9.17) is 4.74 Å². The van der Waals surface area contributed by atoms with Crippen molar-refractivity contribution in [2.24, 2.45) is 5.92 Å². The van der Waals surface area contributed by atoms with Crippen LogP contribution < -0.4 is 4.74 Å². The molecule has 0 bridgehead atoms. The fourth-order valence-electron chi connectivity index (χ4n) is 2.34. The van der Waals surface area contributed by atoms with Crippen molar-refractivity contribution in [1.82, 2.24) is 4.31 Å². The molecule has 0 unspecified atom stereocenters. The molecule has 1 heterocycles. The Labute approximate surface area is 135 Å². The first-order chi connectivity index (χ1) is 9.95. The van der Waals surface area contributed by atoms with Crippen LogP contribution in [0.4, 0.5) is 0 Å². The largest absolute Gasteiger partial charge is 0.492 e. The highest BCUT2D eigenvalue weighted by Crippen LogP contribution is 2.30. The third-order valence-electron chi connectivity index (χ3n) is 3.74. The van der Waals surface area contributed by atoms with Gasteiger partial charge in [-0.1, -0.05) is 13.8 Å². The van der Waals surface area contributed by atoms with E-state index in [0.29, 0.717) is 36.3 Å². The molecule has 6 heteroatoms. The van der Waals surface area contributed by atoms with Crippen LogP contribution in [-0.4, -0.2) is 32.4 Å². The third-order valence-corrected chi connectivity index (χ3v) is 6.29. The van der Waals surface area contributed by atoms with Crippen LogP contribution in [0.2, 0.25) is 0 Å². The van der Waals surface area contributed by atoms with Gasteiger partial charge in [0, 0.05) is 19.2 Å². The van der Waals surface area contributed by atoms with Crippen molar-refractivity contribution in [2.75, 3.05) is 19.7 Å². The summed E-state index contributed by atoms with van der Waals surface area (Å²) in [6.45, 7) is 5.96. The molecule has 1 aliphatic heterocycles. The number of hydrogen-bond donors (Lipinski definition) is 0. The van der Waals surface area contributed by atoms with E-state index in [2.05, 4.69) is 22.9 Å². The van der Waals surface area contributed by atoms with Crippen molar-refractivity contribution in [3.05, 3.63) is 22.7 Å². The first kappa shape index (κ1) is 16.8. The van der Waals surface area contributed by atoms with Crippen LogP contribution in [0.3, 0.4) is 0 Å². The number of sulfonamides is 1. The van der Waals surface area contributed by atoms with Gasteiger partial charge in [-0.05, 0) is 53.2 Å². The zero-order valence-corrected chi connectivity index (χ0v) is 14.9. The minimum absolute atomic E-state index is 0.311. The molecule has 1 aromatic carbocycles. The molecule has 1 fully saturated rings. The van der Waals surface area contributed by atoms with Crippen LogP contribution in [0.15, 0.2) is 27.6 Å². The summed E-state index contributed by atoms with van der Waals surface area (Å²) >= 11 is 3.40. The zero-order chi connectivity index (χ0) is 15.5. The summed E-state index contributed by atoms with van der Waals surface area (Å²) in [5, 5.41) is 0. The van der Waals surface area contributed by atoms with E-state index in [1.54, 1.807) is 22.5 Å². The van der Waals surface area contributed by atoms with Crippen LogP contribution in [0.5, 0.6) is 5.75 Å². The van der Waals surface area contributed by atoms with E-state index in [0.717, 1.165) is 23.7 Å². The zero-order valence-electron chi connectivity index (χ0n) is 12.5. The summed E-state index contributed by atoms with van der Waals surface area (Å²) in [7, 11) is -3.42. The lowest BCUT2D eigenvalue weighted by molar-refractivity contribution is 0.287. The van der Waals surface area contributed by atoms with E-state index in [1.165, 1.54) is 0 Å². The molecule has 118 valence electrons. The van der Waals surface area contributed by atoms with E-state index >= 15 is 0 Å². The molecule has 1 saturated heterocycles. The lowest BCUT2D eigenvalue weighted by atomic mass is 10.0. The van der Waals surface area contributed by atoms with E-state index in [9.17, 15) is 8.42 Å².